The van der Waals surface area contributed by atoms with Crippen molar-refractivity contribution in [2.75, 3.05) is 7.05 Å². The molecule has 0 unspecified atom stereocenters. The monoisotopic (exact) mass is 213 g/mol. The van der Waals surface area contributed by atoms with Crippen molar-refractivity contribution in [3.8, 4) is 0 Å². The van der Waals surface area contributed by atoms with E-state index in [1.54, 1.807) is 19.2 Å². The molecular formula is C10H12ClNO2. The molecule has 0 spiro atoms. The van der Waals surface area contributed by atoms with E-state index in [0.29, 0.717) is 11.4 Å². The molecule has 1 aromatic carbocycles. The Morgan fingerprint density at radius 1 is 1.50 bits per heavy atom. The van der Waals surface area contributed by atoms with Crippen LogP contribution in [-0.4, -0.2) is 24.2 Å². The number of hydrogen-bond donors (Lipinski definition) is 2. The molecule has 0 saturated heterocycles. The van der Waals surface area contributed by atoms with E-state index in [1.165, 1.54) is 0 Å². The zero-order valence-corrected chi connectivity index (χ0v) is 8.58. The average Bonchev–Trinajstić information content (AvgIpc) is 2.16. The number of likely N-dealkylation sites (N-methyl/N-ethyl adjacent to an activating group) is 1. The number of carboxylic acids is 1. The summed E-state index contributed by atoms with van der Waals surface area (Å²) in [5, 5.41) is 12.2. The summed E-state index contributed by atoms with van der Waals surface area (Å²) in [4.78, 5) is 10.7. The first-order valence-electron chi connectivity index (χ1n) is 4.28. The molecule has 1 atom stereocenters. The van der Waals surface area contributed by atoms with Crippen LogP contribution in [0.15, 0.2) is 24.3 Å². The van der Waals surface area contributed by atoms with E-state index in [0.717, 1.165) is 5.56 Å². The number of hydrogen-bond acceptors (Lipinski definition) is 2. The number of carboxylic acid groups (broad SMARTS) is 1. The third-order valence-electron chi connectivity index (χ3n) is 2.00. The van der Waals surface area contributed by atoms with Gasteiger partial charge in [0.2, 0.25) is 0 Å². The Morgan fingerprint density at radius 2 is 2.07 bits per heavy atom. The summed E-state index contributed by atoms with van der Waals surface area (Å²) < 4.78 is 0. The molecule has 76 valence electrons. The molecule has 0 radical (unpaired) electrons. The first-order valence-corrected chi connectivity index (χ1v) is 4.66. The second-order valence-electron chi connectivity index (χ2n) is 3.01. The van der Waals surface area contributed by atoms with Crippen LogP contribution in [0.1, 0.15) is 5.56 Å². The van der Waals surface area contributed by atoms with Gasteiger partial charge in [-0.2, -0.15) is 0 Å². The number of aliphatic carboxylic acids is 1. The fourth-order valence-electron chi connectivity index (χ4n) is 1.17. The Labute approximate surface area is 87.7 Å². The SMILES string of the molecule is CN[C@@H](Cc1ccc(Cl)cc1)C(=O)O. The van der Waals surface area contributed by atoms with Crippen LogP contribution in [0.25, 0.3) is 0 Å². The predicted molar refractivity (Wildman–Crippen MR) is 55.6 cm³/mol. The molecule has 0 aromatic heterocycles. The summed E-state index contributed by atoms with van der Waals surface area (Å²) in [6, 6.07) is 6.62. The van der Waals surface area contributed by atoms with E-state index in [-0.39, 0.29) is 0 Å². The second kappa shape index (κ2) is 4.98. The van der Waals surface area contributed by atoms with Gasteiger partial charge in [0.15, 0.2) is 0 Å². The molecule has 0 aliphatic heterocycles. The minimum absolute atomic E-state index is 0.461. The van der Waals surface area contributed by atoms with E-state index in [4.69, 9.17) is 16.7 Å². The highest BCUT2D eigenvalue weighted by molar-refractivity contribution is 6.30. The molecule has 1 rings (SSSR count). The minimum Gasteiger partial charge on any atom is -0.480 e. The van der Waals surface area contributed by atoms with Crippen molar-refractivity contribution in [1.82, 2.24) is 5.32 Å². The number of rotatable bonds is 4. The van der Waals surface area contributed by atoms with E-state index >= 15 is 0 Å². The second-order valence-corrected chi connectivity index (χ2v) is 3.45. The van der Waals surface area contributed by atoms with Gasteiger partial charge in [0, 0.05) is 5.02 Å². The van der Waals surface area contributed by atoms with Crippen molar-refractivity contribution in [1.29, 1.82) is 0 Å². The maximum Gasteiger partial charge on any atom is 0.321 e. The van der Waals surface area contributed by atoms with Gasteiger partial charge >= 0.3 is 5.97 Å². The molecule has 0 heterocycles. The quantitative estimate of drug-likeness (QED) is 0.798. The first kappa shape index (κ1) is 11.0. The van der Waals surface area contributed by atoms with Gasteiger partial charge in [-0.15, -0.1) is 0 Å². The van der Waals surface area contributed by atoms with Gasteiger partial charge in [-0.05, 0) is 31.2 Å². The smallest absolute Gasteiger partial charge is 0.321 e. The molecule has 2 N–H and O–H groups in total. The van der Waals surface area contributed by atoms with Crippen molar-refractivity contribution in [2.45, 2.75) is 12.5 Å². The lowest BCUT2D eigenvalue weighted by atomic mass is 10.1. The molecule has 4 heteroatoms. The van der Waals surface area contributed by atoms with Gasteiger partial charge in [-0.25, -0.2) is 0 Å². The Kier molecular flexibility index (Phi) is 3.92. The largest absolute Gasteiger partial charge is 0.480 e. The fourth-order valence-corrected chi connectivity index (χ4v) is 1.30. The van der Waals surface area contributed by atoms with Crippen LogP contribution in [0.5, 0.6) is 0 Å². The van der Waals surface area contributed by atoms with E-state index in [2.05, 4.69) is 5.32 Å². The summed E-state index contributed by atoms with van der Waals surface area (Å²) >= 11 is 5.71. The van der Waals surface area contributed by atoms with Crippen LogP contribution >= 0.6 is 11.6 Å². The zero-order chi connectivity index (χ0) is 10.6. The van der Waals surface area contributed by atoms with Crippen molar-refractivity contribution in [3.05, 3.63) is 34.9 Å². The molecule has 0 saturated carbocycles. The summed E-state index contributed by atoms with van der Waals surface area (Å²) in [6.45, 7) is 0. The molecule has 0 aliphatic rings. The van der Waals surface area contributed by atoms with Crippen molar-refractivity contribution in [2.24, 2.45) is 0 Å². The molecule has 0 amide bonds. The van der Waals surface area contributed by atoms with E-state index < -0.39 is 12.0 Å². The third-order valence-corrected chi connectivity index (χ3v) is 2.25. The lowest BCUT2D eigenvalue weighted by Crippen LogP contribution is -2.35. The Hall–Kier alpha value is -1.06. The van der Waals surface area contributed by atoms with Gasteiger partial charge < -0.3 is 10.4 Å². The van der Waals surface area contributed by atoms with Crippen LogP contribution in [0.2, 0.25) is 5.02 Å². The van der Waals surface area contributed by atoms with E-state index in [9.17, 15) is 4.79 Å². The fraction of sp³-hybridized carbons (Fsp3) is 0.300. The van der Waals surface area contributed by atoms with Crippen LogP contribution in [-0.2, 0) is 11.2 Å². The molecule has 0 bridgehead atoms. The molecule has 0 fully saturated rings. The Morgan fingerprint density at radius 3 is 2.50 bits per heavy atom. The number of carbonyl (C=O) groups is 1. The highest BCUT2D eigenvalue weighted by atomic mass is 35.5. The van der Waals surface area contributed by atoms with Gasteiger partial charge in [-0.3, -0.25) is 4.79 Å². The first-order chi connectivity index (χ1) is 6.63. The van der Waals surface area contributed by atoms with Crippen molar-refractivity contribution >= 4 is 17.6 Å². The Balaban J connectivity index is 2.67. The zero-order valence-electron chi connectivity index (χ0n) is 7.83. The van der Waals surface area contributed by atoms with Crippen LogP contribution in [0.3, 0.4) is 0 Å². The number of nitrogens with one attached hydrogen (secondary N) is 1. The van der Waals surface area contributed by atoms with Gasteiger partial charge in [0.05, 0.1) is 0 Å². The standard InChI is InChI=1S/C10H12ClNO2/c1-12-9(10(13)14)6-7-2-4-8(11)5-3-7/h2-5,9,12H,6H2,1H3,(H,13,14)/t9-/m0/s1. The van der Waals surface area contributed by atoms with Crippen LogP contribution in [0, 0.1) is 0 Å². The van der Waals surface area contributed by atoms with Crippen LogP contribution < -0.4 is 5.32 Å². The molecular weight excluding hydrogens is 202 g/mol. The third kappa shape index (κ3) is 3.01. The summed E-state index contributed by atoms with van der Waals surface area (Å²) in [6.07, 6.45) is 0.461. The summed E-state index contributed by atoms with van der Waals surface area (Å²) in [5.41, 5.74) is 0.955. The molecule has 3 nitrogen and oxygen atoms in total. The normalized spacial score (nSPS) is 12.4. The topological polar surface area (TPSA) is 49.3 Å². The van der Waals surface area contributed by atoms with Gasteiger partial charge in [0.25, 0.3) is 0 Å². The molecule has 0 aliphatic carbocycles. The van der Waals surface area contributed by atoms with Gasteiger partial charge in [-0.1, -0.05) is 23.7 Å². The highest BCUT2D eigenvalue weighted by Crippen LogP contribution is 2.11. The summed E-state index contributed by atoms with van der Waals surface area (Å²) in [5.74, 6) is -0.845. The lowest BCUT2D eigenvalue weighted by Gasteiger charge is -2.10. The van der Waals surface area contributed by atoms with Crippen molar-refractivity contribution < 1.29 is 9.90 Å². The Bertz CT molecular complexity index is 310. The average molecular weight is 214 g/mol. The molecule has 14 heavy (non-hydrogen) atoms. The van der Waals surface area contributed by atoms with E-state index in [1.807, 2.05) is 12.1 Å². The number of halogens is 1. The number of benzene rings is 1. The maximum atomic E-state index is 10.7. The lowest BCUT2D eigenvalue weighted by molar-refractivity contribution is -0.139. The predicted octanol–water partition coefficient (Wildman–Crippen LogP) is 1.56. The van der Waals surface area contributed by atoms with Gasteiger partial charge in [0.1, 0.15) is 6.04 Å². The highest BCUT2D eigenvalue weighted by Gasteiger charge is 2.14. The molecule has 1 aromatic rings. The summed E-state index contributed by atoms with van der Waals surface area (Å²) in [7, 11) is 1.63. The van der Waals surface area contributed by atoms with Crippen LogP contribution in [0.4, 0.5) is 0 Å². The minimum atomic E-state index is -0.845. The van der Waals surface area contributed by atoms with Crippen molar-refractivity contribution in [3.63, 3.8) is 0 Å². The maximum absolute atomic E-state index is 10.7.